The molecule has 1 aliphatic rings. The number of carbonyl (C=O) groups excluding carboxylic acids is 1. The first-order chi connectivity index (χ1) is 9.15. The lowest BCUT2D eigenvalue weighted by Gasteiger charge is -2.23. The van der Waals surface area contributed by atoms with Crippen LogP contribution in [0, 0.1) is 6.92 Å². The number of amides is 1. The minimum atomic E-state index is -0.000145. The molecule has 1 fully saturated rings. The highest BCUT2D eigenvalue weighted by Gasteiger charge is 2.27. The zero-order valence-electron chi connectivity index (χ0n) is 11.6. The van der Waals surface area contributed by atoms with Crippen molar-refractivity contribution in [3.05, 3.63) is 29.3 Å². The van der Waals surface area contributed by atoms with Gasteiger partial charge in [-0.05, 0) is 37.0 Å². The number of hydrogen-bond donors (Lipinski definition) is 1. The molecule has 1 atom stereocenters. The lowest BCUT2D eigenvalue weighted by Crippen LogP contribution is -2.38. The van der Waals surface area contributed by atoms with E-state index in [2.05, 4.69) is 0 Å². The molecule has 1 aromatic carbocycles. The minimum absolute atomic E-state index is 0.000145. The van der Waals surface area contributed by atoms with Crippen LogP contribution in [0.15, 0.2) is 18.2 Å². The molecular weight excluding hydrogens is 242 g/mol. The summed E-state index contributed by atoms with van der Waals surface area (Å²) in [6.07, 6.45) is 2.25. The van der Waals surface area contributed by atoms with Crippen LogP contribution in [0.3, 0.4) is 0 Å². The van der Waals surface area contributed by atoms with Crippen LogP contribution in [0.2, 0.25) is 0 Å². The first-order valence-corrected chi connectivity index (χ1v) is 6.69. The number of methoxy groups -OCH3 is 1. The minimum Gasteiger partial charge on any atom is -0.496 e. The molecule has 104 valence electrons. The van der Waals surface area contributed by atoms with Gasteiger partial charge in [0.1, 0.15) is 5.75 Å². The summed E-state index contributed by atoms with van der Waals surface area (Å²) >= 11 is 0. The Bertz CT molecular complexity index is 459. The molecule has 4 nitrogen and oxygen atoms in total. The smallest absolute Gasteiger partial charge is 0.227 e. The molecule has 0 radical (unpaired) electrons. The van der Waals surface area contributed by atoms with Crippen LogP contribution in [0.1, 0.15) is 24.0 Å². The van der Waals surface area contributed by atoms with Crippen LogP contribution in [0.4, 0.5) is 0 Å². The largest absolute Gasteiger partial charge is 0.496 e. The second kappa shape index (κ2) is 6.06. The second-order valence-electron chi connectivity index (χ2n) is 5.05. The summed E-state index contributed by atoms with van der Waals surface area (Å²) in [5, 5.41) is 9.26. The fourth-order valence-electron chi connectivity index (χ4n) is 2.60. The van der Waals surface area contributed by atoms with Crippen molar-refractivity contribution in [1.82, 2.24) is 4.90 Å². The van der Waals surface area contributed by atoms with Gasteiger partial charge in [0.2, 0.25) is 5.91 Å². The first kappa shape index (κ1) is 13.9. The van der Waals surface area contributed by atoms with E-state index < -0.39 is 0 Å². The molecule has 0 aliphatic carbocycles. The van der Waals surface area contributed by atoms with Gasteiger partial charge in [0, 0.05) is 6.54 Å². The van der Waals surface area contributed by atoms with Crippen molar-refractivity contribution in [2.24, 2.45) is 0 Å². The van der Waals surface area contributed by atoms with Crippen molar-refractivity contribution in [3.63, 3.8) is 0 Å². The summed E-state index contributed by atoms with van der Waals surface area (Å²) in [7, 11) is 1.64. The third-order valence-electron chi connectivity index (χ3n) is 3.74. The Kier molecular flexibility index (Phi) is 4.43. The van der Waals surface area contributed by atoms with Crippen molar-refractivity contribution in [2.45, 2.75) is 32.2 Å². The van der Waals surface area contributed by atoms with Crippen LogP contribution >= 0.6 is 0 Å². The van der Waals surface area contributed by atoms with Crippen molar-refractivity contribution < 1.29 is 14.6 Å². The van der Waals surface area contributed by atoms with Gasteiger partial charge in [-0.3, -0.25) is 4.79 Å². The number of benzene rings is 1. The topological polar surface area (TPSA) is 49.8 Å². The average Bonchev–Trinajstić information content (AvgIpc) is 2.89. The van der Waals surface area contributed by atoms with E-state index in [0.717, 1.165) is 36.3 Å². The number of hydrogen-bond acceptors (Lipinski definition) is 3. The van der Waals surface area contributed by atoms with E-state index in [0.29, 0.717) is 6.42 Å². The Hall–Kier alpha value is -1.55. The zero-order valence-corrected chi connectivity index (χ0v) is 11.6. The van der Waals surface area contributed by atoms with E-state index in [1.807, 2.05) is 25.1 Å². The summed E-state index contributed by atoms with van der Waals surface area (Å²) in [5.74, 6) is 0.896. The van der Waals surface area contributed by atoms with Crippen molar-refractivity contribution >= 4 is 5.91 Å². The first-order valence-electron chi connectivity index (χ1n) is 6.69. The summed E-state index contributed by atoms with van der Waals surface area (Å²) < 4.78 is 5.27. The molecule has 0 aromatic heterocycles. The van der Waals surface area contributed by atoms with Crippen LogP contribution in [-0.4, -0.2) is 42.2 Å². The maximum Gasteiger partial charge on any atom is 0.227 e. The molecule has 0 spiro atoms. The van der Waals surface area contributed by atoms with Crippen molar-refractivity contribution in [2.75, 3.05) is 20.3 Å². The van der Waals surface area contributed by atoms with Gasteiger partial charge >= 0.3 is 0 Å². The van der Waals surface area contributed by atoms with E-state index in [1.54, 1.807) is 12.0 Å². The number of rotatable bonds is 4. The predicted octanol–water partition coefficient (Wildman–Crippen LogP) is 1.53. The van der Waals surface area contributed by atoms with E-state index in [-0.39, 0.29) is 18.6 Å². The van der Waals surface area contributed by atoms with Crippen LogP contribution in [0.5, 0.6) is 5.75 Å². The molecule has 1 saturated heterocycles. The lowest BCUT2D eigenvalue weighted by atomic mass is 10.1. The Morgan fingerprint density at radius 1 is 1.53 bits per heavy atom. The second-order valence-corrected chi connectivity index (χ2v) is 5.05. The molecule has 0 saturated carbocycles. The standard InChI is InChI=1S/C15H21NO3/c1-11-5-6-12(8-14(11)19-2)9-15(18)16-7-3-4-13(16)10-17/h5-6,8,13,17H,3-4,7,9-10H2,1-2H3. The number of nitrogens with zero attached hydrogens (tertiary/aromatic N) is 1. The number of aryl methyl sites for hydroxylation is 1. The maximum absolute atomic E-state index is 12.2. The lowest BCUT2D eigenvalue weighted by molar-refractivity contribution is -0.131. The van der Waals surface area contributed by atoms with E-state index in [9.17, 15) is 9.90 Å². The zero-order chi connectivity index (χ0) is 13.8. The molecule has 19 heavy (non-hydrogen) atoms. The van der Waals surface area contributed by atoms with Gasteiger partial charge in [-0.15, -0.1) is 0 Å². The van der Waals surface area contributed by atoms with Gasteiger partial charge < -0.3 is 14.7 Å². The third-order valence-corrected chi connectivity index (χ3v) is 3.74. The molecular formula is C15H21NO3. The van der Waals surface area contributed by atoms with Gasteiger partial charge in [-0.1, -0.05) is 12.1 Å². The number of aliphatic hydroxyl groups is 1. The Balaban J connectivity index is 2.06. The highest BCUT2D eigenvalue weighted by molar-refractivity contribution is 5.79. The summed E-state index contributed by atoms with van der Waals surface area (Å²) in [6, 6.07) is 5.84. The quantitative estimate of drug-likeness (QED) is 0.896. The van der Waals surface area contributed by atoms with Crippen LogP contribution in [0.25, 0.3) is 0 Å². The van der Waals surface area contributed by atoms with Gasteiger partial charge in [0.25, 0.3) is 0 Å². The van der Waals surface area contributed by atoms with Crippen molar-refractivity contribution in [1.29, 1.82) is 0 Å². The molecule has 1 aromatic rings. The highest BCUT2D eigenvalue weighted by atomic mass is 16.5. The fraction of sp³-hybridized carbons (Fsp3) is 0.533. The van der Waals surface area contributed by atoms with Gasteiger partial charge in [-0.2, -0.15) is 0 Å². The number of likely N-dealkylation sites (tertiary alicyclic amines) is 1. The molecule has 1 aliphatic heterocycles. The average molecular weight is 263 g/mol. The highest BCUT2D eigenvalue weighted by Crippen LogP contribution is 2.22. The third kappa shape index (κ3) is 3.07. The van der Waals surface area contributed by atoms with Gasteiger partial charge in [0.15, 0.2) is 0 Å². The molecule has 0 bridgehead atoms. The Labute approximate surface area is 114 Å². The van der Waals surface area contributed by atoms with Crippen LogP contribution < -0.4 is 4.74 Å². The number of carbonyl (C=O) groups is 1. The van der Waals surface area contributed by atoms with E-state index in [1.165, 1.54) is 0 Å². The Morgan fingerprint density at radius 3 is 3.00 bits per heavy atom. The van der Waals surface area contributed by atoms with Crippen LogP contribution in [-0.2, 0) is 11.2 Å². The van der Waals surface area contributed by atoms with Gasteiger partial charge in [-0.25, -0.2) is 0 Å². The maximum atomic E-state index is 12.2. The molecule has 1 unspecified atom stereocenters. The molecule has 1 heterocycles. The number of ether oxygens (including phenoxy) is 1. The summed E-state index contributed by atoms with van der Waals surface area (Å²) in [6.45, 7) is 2.79. The monoisotopic (exact) mass is 263 g/mol. The predicted molar refractivity (Wildman–Crippen MR) is 73.3 cm³/mol. The normalized spacial score (nSPS) is 18.7. The van der Waals surface area contributed by atoms with Gasteiger partial charge in [0.05, 0.1) is 26.2 Å². The molecule has 1 amide bonds. The fourth-order valence-corrected chi connectivity index (χ4v) is 2.60. The molecule has 2 rings (SSSR count). The van der Waals surface area contributed by atoms with E-state index >= 15 is 0 Å². The summed E-state index contributed by atoms with van der Waals surface area (Å²) in [4.78, 5) is 14.0. The van der Waals surface area contributed by atoms with E-state index in [4.69, 9.17) is 4.74 Å². The summed E-state index contributed by atoms with van der Waals surface area (Å²) in [5.41, 5.74) is 2.02. The molecule has 1 N–H and O–H groups in total. The molecule has 4 heteroatoms. The number of aliphatic hydroxyl groups excluding tert-OH is 1. The van der Waals surface area contributed by atoms with Crippen molar-refractivity contribution in [3.8, 4) is 5.75 Å². The SMILES string of the molecule is COc1cc(CC(=O)N2CCCC2CO)ccc1C. The Morgan fingerprint density at radius 2 is 2.32 bits per heavy atom.